The predicted octanol–water partition coefficient (Wildman–Crippen LogP) is 3.46. The van der Waals surface area contributed by atoms with E-state index in [9.17, 15) is 18.0 Å². The molecule has 22 heavy (non-hydrogen) atoms. The molecule has 4 nitrogen and oxygen atoms in total. The number of hydrogen-bond acceptors (Lipinski definition) is 3. The van der Waals surface area contributed by atoms with E-state index in [2.05, 4.69) is 21.9 Å². The predicted molar refractivity (Wildman–Crippen MR) is 74.2 cm³/mol. The Hall–Kier alpha value is -2.36. The molecule has 0 saturated heterocycles. The first kappa shape index (κ1) is 17.7. The number of ether oxygens (including phenoxy) is 2. The number of carbonyl (C=O) groups excluding carboxylic acids is 1. The summed E-state index contributed by atoms with van der Waals surface area (Å²) in [6.45, 7) is 5.28. The van der Waals surface area contributed by atoms with Crippen LogP contribution in [-0.4, -0.2) is 24.6 Å². The van der Waals surface area contributed by atoms with Crippen molar-refractivity contribution in [2.45, 2.75) is 32.7 Å². The summed E-state index contributed by atoms with van der Waals surface area (Å²) in [7, 11) is 0. The largest absolute Gasteiger partial charge is 0.573 e. The van der Waals surface area contributed by atoms with Gasteiger partial charge < -0.3 is 14.8 Å². The Balaban J connectivity index is 2.47. The van der Waals surface area contributed by atoms with Crippen LogP contribution in [-0.2, 0) is 4.74 Å². The highest BCUT2D eigenvalue weighted by molar-refractivity contribution is 5.68. The van der Waals surface area contributed by atoms with Crippen molar-refractivity contribution in [1.82, 2.24) is 5.32 Å². The second kappa shape index (κ2) is 7.07. The van der Waals surface area contributed by atoms with Crippen molar-refractivity contribution in [2.75, 3.05) is 6.54 Å². The minimum absolute atomic E-state index is 0.0652. The molecular weight excluding hydrogens is 299 g/mol. The van der Waals surface area contributed by atoms with Crippen LogP contribution in [0.2, 0.25) is 0 Å². The lowest BCUT2D eigenvalue weighted by Crippen LogP contribution is -2.32. The van der Waals surface area contributed by atoms with Crippen LogP contribution in [0, 0.1) is 11.8 Å². The van der Waals surface area contributed by atoms with Gasteiger partial charge in [-0.2, -0.15) is 0 Å². The molecule has 1 aromatic rings. The fourth-order valence-electron chi connectivity index (χ4n) is 1.32. The van der Waals surface area contributed by atoms with Gasteiger partial charge >= 0.3 is 12.5 Å². The van der Waals surface area contributed by atoms with Gasteiger partial charge in [0.05, 0.1) is 6.54 Å². The van der Waals surface area contributed by atoms with Gasteiger partial charge in [0.15, 0.2) is 0 Å². The minimum atomic E-state index is -4.72. The number of alkyl halides is 3. The zero-order valence-electron chi connectivity index (χ0n) is 12.4. The summed E-state index contributed by atoms with van der Waals surface area (Å²) in [6.07, 6.45) is -5.31. The molecule has 1 N–H and O–H groups in total. The van der Waals surface area contributed by atoms with Gasteiger partial charge in [0, 0.05) is 5.56 Å². The molecule has 1 rings (SSSR count). The third kappa shape index (κ3) is 8.04. The second-order valence-electron chi connectivity index (χ2n) is 5.23. The molecule has 0 aromatic heterocycles. The number of hydrogen-bond donors (Lipinski definition) is 1. The topological polar surface area (TPSA) is 47.6 Å². The number of alkyl carbamates (subject to hydrolysis) is 1. The molecule has 0 saturated carbocycles. The van der Waals surface area contributed by atoms with E-state index < -0.39 is 18.1 Å². The molecule has 0 aliphatic rings. The molecule has 7 heteroatoms. The van der Waals surface area contributed by atoms with Gasteiger partial charge in [0.2, 0.25) is 0 Å². The number of amides is 1. The highest BCUT2D eigenvalue weighted by Gasteiger charge is 2.30. The maximum atomic E-state index is 12.0. The lowest BCUT2D eigenvalue weighted by atomic mass is 10.2. The molecule has 0 aliphatic carbocycles. The molecule has 0 bridgehead atoms. The third-order valence-corrected chi connectivity index (χ3v) is 2.04. The molecule has 0 spiro atoms. The van der Waals surface area contributed by atoms with Gasteiger partial charge in [-0.05, 0) is 45.0 Å². The molecule has 0 atom stereocenters. The van der Waals surface area contributed by atoms with Crippen LogP contribution in [0.1, 0.15) is 26.3 Å². The smallest absolute Gasteiger partial charge is 0.444 e. The number of benzene rings is 1. The molecule has 0 aliphatic heterocycles. The monoisotopic (exact) mass is 315 g/mol. The average molecular weight is 315 g/mol. The first-order valence-corrected chi connectivity index (χ1v) is 6.37. The molecule has 0 radical (unpaired) electrons. The maximum absolute atomic E-state index is 12.0. The van der Waals surface area contributed by atoms with Gasteiger partial charge in [0.25, 0.3) is 0 Å². The Bertz CT molecular complexity index is 563. The summed E-state index contributed by atoms with van der Waals surface area (Å²) in [6, 6.07) is 5.11. The highest BCUT2D eigenvalue weighted by Crippen LogP contribution is 2.22. The number of rotatable bonds is 2. The second-order valence-corrected chi connectivity index (χ2v) is 5.23. The fraction of sp³-hybridized carbons (Fsp3) is 0.400. The van der Waals surface area contributed by atoms with Gasteiger partial charge in [-0.15, -0.1) is 13.2 Å². The average Bonchev–Trinajstić information content (AvgIpc) is 2.32. The van der Waals surface area contributed by atoms with Crippen molar-refractivity contribution in [3.05, 3.63) is 29.8 Å². The van der Waals surface area contributed by atoms with Crippen LogP contribution in [0.4, 0.5) is 18.0 Å². The zero-order chi connectivity index (χ0) is 16.8. The van der Waals surface area contributed by atoms with E-state index in [-0.39, 0.29) is 12.3 Å². The van der Waals surface area contributed by atoms with Crippen LogP contribution < -0.4 is 10.1 Å². The third-order valence-electron chi connectivity index (χ3n) is 2.04. The van der Waals surface area contributed by atoms with Crippen molar-refractivity contribution in [2.24, 2.45) is 0 Å². The van der Waals surface area contributed by atoms with Gasteiger partial charge in [0.1, 0.15) is 11.4 Å². The summed E-state index contributed by atoms with van der Waals surface area (Å²) >= 11 is 0. The van der Waals surface area contributed by atoms with Crippen LogP contribution in [0.15, 0.2) is 24.3 Å². The molecule has 120 valence electrons. The molecule has 0 fully saturated rings. The van der Waals surface area contributed by atoms with Crippen molar-refractivity contribution < 1.29 is 27.4 Å². The fourth-order valence-corrected chi connectivity index (χ4v) is 1.32. The number of nitrogens with one attached hydrogen (secondary N) is 1. The van der Waals surface area contributed by atoms with E-state index in [4.69, 9.17) is 4.74 Å². The molecule has 1 aromatic carbocycles. The Morgan fingerprint density at radius 2 is 1.77 bits per heavy atom. The van der Waals surface area contributed by atoms with E-state index in [0.717, 1.165) is 0 Å². The molecule has 0 heterocycles. The quantitative estimate of drug-likeness (QED) is 0.850. The normalized spacial score (nSPS) is 11.2. The van der Waals surface area contributed by atoms with Gasteiger partial charge in [-0.3, -0.25) is 0 Å². The summed E-state index contributed by atoms with van der Waals surface area (Å²) in [5, 5.41) is 2.44. The first-order valence-electron chi connectivity index (χ1n) is 6.37. The van der Waals surface area contributed by atoms with Crippen molar-refractivity contribution in [3.8, 4) is 17.6 Å². The summed E-state index contributed by atoms with van der Waals surface area (Å²) in [5.41, 5.74) is -0.0910. The minimum Gasteiger partial charge on any atom is -0.444 e. The Morgan fingerprint density at radius 3 is 2.27 bits per heavy atom. The maximum Gasteiger partial charge on any atom is 0.573 e. The van der Waals surface area contributed by atoms with Crippen LogP contribution in [0.25, 0.3) is 0 Å². The lowest BCUT2D eigenvalue weighted by molar-refractivity contribution is -0.274. The van der Waals surface area contributed by atoms with Crippen molar-refractivity contribution in [3.63, 3.8) is 0 Å². The van der Waals surface area contributed by atoms with Crippen molar-refractivity contribution >= 4 is 6.09 Å². The first-order chi connectivity index (χ1) is 10.1. The molecular formula is C15H16F3NO3. The lowest BCUT2D eigenvalue weighted by Gasteiger charge is -2.18. The van der Waals surface area contributed by atoms with E-state index in [1.165, 1.54) is 24.3 Å². The van der Waals surface area contributed by atoms with Gasteiger partial charge in [-0.1, -0.05) is 11.8 Å². The zero-order valence-corrected chi connectivity index (χ0v) is 12.4. The van der Waals surface area contributed by atoms with E-state index in [1.54, 1.807) is 20.8 Å². The van der Waals surface area contributed by atoms with E-state index >= 15 is 0 Å². The number of carbonyl (C=O) groups is 1. The standard InChI is InChI=1S/C15H16F3NO3/c1-14(2,3)22-13(20)19-10-4-5-11-6-8-12(9-7-11)21-15(16,17)18/h6-9H,10H2,1-3H3,(H,19,20). The van der Waals surface area contributed by atoms with Crippen LogP contribution >= 0.6 is 0 Å². The SMILES string of the molecule is CC(C)(C)OC(=O)NCC#Cc1ccc(OC(F)(F)F)cc1. The molecule has 0 unspecified atom stereocenters. The van der Waals surface area contributed by atoms with Crippen molar-refractivity contribution in [1.29, 1.82) is 0 Å². The Kier molecular flexibility index (Phi) is 5.69. The molecule has 1 amide bonds. The highest BCUT2D eigenvalue weighted by atomic mass is 19.4. The summed E-state index contributed by atoms with van der Waals surface area (Å²) in [5.74, 6) is 5.04. The van der Waals surface area contributed by atoms with Crippen LogP contribution in [0.3, 0.4) is 0 Å². The Labute approximate surface area is 126 Å². The summed E-state index contributed by atoms with van der Waals surface area (Å²) < 4.78 is 44.7. The van der Waals surface area contributed by atoms with Gasteiger partial charge in [-0.25, -0.2) is 4.79 Å². The number of halogens is 3. The van der Waals surface area contributed by atoms with Crippen LogP contribution in [0.5, 0.6) is 5.75 Å². The van der Waals surface area contributed by atoms with E-state index in [0.29, 0.717) is 5.56 Å². The van der Waals surface area contributed by atoms with E-state index in [1.807, 2.05) is 0 Å². The Morgan fingerprint density at radius 1 is 1.18 bits per heavy atom. The summed E-state index contributed by atoms with van der Waals surface area (Å²) in [4.78, 5) is 11.3.